The number of aromatic nitrogens is 2. The Bertz CT molecular complexity index is 757. The van der Waals surface area contributed by atoms with E-state index in [1.54, 1.807) is 21.3 Å². The van der Waals surface area contributed by atoms with E-state index in [0.717, 1.165) is 22.5 Å². The molecule has 114 valence electrons. The summed E-state index contributed by atoms with van der Waals surface area (Å²) in [6.07, 6.45) is 0. The molecule has 0 aliphatic heterocycles. The first-order valence-electron chi connectivity index (χ1n) is 6.77. The average Bonchev–Trinajstić information content (AvgIpc) is 2.95. The zero-order chi connectivity index (χ0) is 15.5. The van der Waals surface area contributed by atoms with E-state index in [1.165, 1.54) is 0 Å². The fourth-order valence-corrected chi connectivity index (χ4v) is 2.27. The molecule has 2 N–H and O–H groups in total. The normalized spacial score (nSPS) is 10.5. The monoisotopic (exact) mass is 299 g/mol. The molecule has 0 amide bonds. The predicted octanol–water partition coefficient (Wildman–Crippen LogP) is 3.33. The molecule has 0 saturated heterocycles. The number of hydrogen-bond acceptors (Lipinski definition) is 5. The van der Waals surface area contributed by atoms with E-state index in [0.29, 0.717) is 17.4 Å². The molecular weight excluding hydrogens is 282 g/mol. The van der Waals surface area contributed by atoms with Gasteiger partial charge in [-0.3, -0.25) is 0 Å². The van der Waals surface area contributed by atoms with Gasteiger partial charge in [-0.05, 0) is 12.1 Å². The molecule has 6 nitrogen and oxygen atoms in total. The summed E-state index contributed by atoms with van der Waals surface area (Å²) in [6.45, 7) is 0. The Labute approximate surface area is 128 Å². The summed E-state index contributed by atoms with van der Waals surface area (Å²) >= 11 is 0. The number of rotatable bonds is 5. The Balaban J connectivity index is 1.98. The lowest BCUT2D eigenvalue weighted by Crippen LogP contribution is -1.95. The van der Waals surface area contributed by atoms with Crippen LogP contribution in [0.5, 0.6) is 17.2 Å². The van der Waals surface area contributed by atoms with Gasteiger partial charge >= 0.3 is 0 Å². The lowest BCUT2D eigenvalue weighted by atomic mass is 10.3. The summed E-state index contributed by atoms with van der Waals surface area (Å²) < 4.78 is 15.9. The van der Waals surface area contributed by atoms with Gasteiger partial charge in [0.1, 0.15) is 5.75 Å². The molecule has 0 radical (unpaired) electrons. The van der Waals surface area contributed by atoms with Crippen LogP contribution in [0.3, 0.4) is 0 Å². The molecule has 0 fully saturated rings. The van der Waals surface area contributed by atoms with Gasteiger partial charge in [0.2, 0.25) is 5.95 Å². The van der Waals surface area contributed by atoms with E-state index in [4.69, 9.17) is 14.2 Å². The van der Waals surface area contributed by atoms with E-state index in [-0.39, 0.29) is 0 Å². The molecule has 0 saturated carbocycles. The number of methoxy groups -OCH3 is 3. The van der Waals surface area contributed by atoms with Crippen LogP contribution in [0.4, 0.5) is 11.6 Å². The van der Waals surface area contributed by atoms with Gasteiger partial charge in [0, 0.05) is 12.1 Å². The number of fused-ring (bicyclic) bond motifs is 1. The number of nitrogens with zero attached hydrogens (tertiary/aromatic N) is 1. The largest absolute Gasteiger partial charge is 0.495 e. The summed E-state index contributed by atoms with van der Waals surface area (Å²) in [7, 11) is 4.84. The van der Waals surface area contributed by atoms with Crippen LogP contribution in [0.15, 0.2) is 36.4 Å². The van der Waals surface area contributed by atoms with Crippen molar-refractivity contribution >= 4 is 22.7 Å². The van der Waals surface area contributed by atoms with Crippen LogP contribution in [0.25, 0.3) is 11.0 Å². The van der Waals surface area contributed by atoms with Crippen molar-refractivity contribution in [2.45, 2.75) is 0 Å². The van der Waals surface area contributed by atoms with E-state index in [2.05, 4.69) is 15.3 Å². The summed E-state index contributed by atoms with van der Waals surface area (Å²) in [5, 5.41) is 3.21. The topological polar surface area (TPSA) is 68.4 Å². The number of aromatic amines is 1. The van der Waals surface area contributed by atoms with Crippen molar-refractivity contribution in [2.75, 3.05) is 26.6 Å². The molecule has 22 heavy (non-hydrogen) atoms. The highest BCUT2D eigenvalue weighted by Gasteiger charge is 2.11. The number of ether oxygens (including phenoxy) is 3. The first kappa shape index (κ1) is 14.1. The van der Waals surface area contributed by atoms with Crippen LogP contribution in [-0.2, 0) is 0 Å². The first-order chi connectivity index (χ1) is 10.7. The van der Waals surface area contributed by atoms with E-state index < -0.39 is 0 Å². The van der Waals surface area contributed by atoms with E-state index >= 15 is 0 Å². The summed E-state index contributed by atoms with van der Waals surface area (Å²) in [5.41, 5.74) is 2.48. The van der Waals surface area contributed by atoms with Crippen molar-refractivity contribution < 1.29 is 14.2 Å². The maximum absolute atomic E-state index is 5.32. The zero-order valence-electron chi connectivity index (χ0n) is 12.6. The zero-order valence-corrected chi connectivity index (χ0v) is 12.6. The minimum absolute atomic E-state index is 0.620. The van der Waals surface area contributed by atoms with Gasteiger partial charge < -0.3 is 24.5 Å². The number of anilines is 2. The molecule has 3 rings (SSSR count). The van der Waals surface area contributed by atoms with Crippen molar-refractivity contribution in [1.82, 2.24) is 9.97 Å². The van der Waals surface area contributed by atoms with Gasteiger partial charge in [-0.25, -0.2) is 4.98 Å². The third-order valence-corrected chi connectivity index (χ3v) is 3.35. The van der Waals surface area contributed by atoms with Gasteiger partial charge in [-0.15, -0.1) is 0 Å². The Kier molecular flexibility index (Phi) is 3.74. The molecule has 0 atom stereocenters. The molecule has 0 aliphatic carbocycles. The van der Waals surface area contributed by atoms with Crippen molar-refractivity contribution in [3.05, 3.63) is 36.4 Å². The SMILES string of the molecule is COc1ccccc1Nc1nc2cc(OC)c(OC)cc2[nH]1. The highest BCUT2D eigenvalue weighted by molar-refractivity contribution is 5.82. The molecule has 0 bridgehead atoms. The standard InChI is InChI=1S/C16H17N3O3/c1-20-13-7-5-4-6-10(13)17-16-18-11-8-14(21-2)15(22-3)9-12(11)19-16/h4-9H,1-3H3,(H2,17,18,19). The molecule has 2 aromatic carbocycles. The second kappa shape index (κ2) is 5.85. The van der Waals surface area contributed by atoms with Gasteiger partial charge in [0.15, 0.2) is 11.5 Å². The minimum atomic E-state index is 0.620. The Morgan fingerprint density at radius 2 is 1.59 bits per heavy atom. The van der Waals surface area contributed by atoms with Crippen molar-refractivity contribution in [1.29, 1.82) is 0 Å². The second-order valence-electron chi connectivity index (χ2n) is 4.64. The average molecular weight is 299 g/mol. The molecule has 0 aliphatic rings. The predicted molar refractivity (Wildman–Crippen MR) is 85.5 cm³/mol. The minimum Gasteiger partial charge on any atom is -0.495 e. The quantitative estimate of drug-likeness (QED) is 0.756. The maximum atomic E-state index is 5.32. The number of H-pyrrole nitrogens is 1. The Morgan fingerprint density at radius 1 is 0.909 bits per heavy atom. The van der Waals surface area contributed by atoms with Crippen molar-refractivity contribution in [3.63, 3.8) is 0 Å². The number of hydrogen-bond donors (Lipinski definition) is 2. The lowest BCUT2D eigenvalue weighted by molar-refractivity contribution is 0.356. The number of imidazole rings is 1. The molecule has 1 heterocycles. The summed E-state index contributed by atoms with van der Waals surface area (Å²) in [6, 6.07) is 11.3. The van der Waals surface area contributed by atoms with Gasteiger partial charge in [-0.2, -0.15) is 0 Å². The van der Waals surface area contributed by atoms with Crippen LogP contribution >= 0.6 is 0 Å². The van der Waals surface area contributed by atoms with Crippen molar-refractivity contribution in [3.8, 4) is 17.2 Å². The molecule has 1 aromatic heterocycles. The van der Waals surface area contributed by atoms with Crippen molar-refractivity contribution in [2.24, 2.45) is 0 Å². The molecule has 0 spiro atoms. The van der Waals surface area contributed by atoms with E-state index in [9.17, 15) is 0 Å². The number of para-hydroxylation sites is 2. The van der Waals surface area contributed by atoms with Crippen LogP contribution in [0.1, 0.15) is 0 Å². The molecule has 0 unspecified atom stereocenters. The Hall–Kier alpha value is -2.89. The smallest absolute Gasteiger partial charge is 0.205 e. The highest BCUT2D eigenvalue weighted by Crippen LogP contribution is 2.33. The maximum Gasteiger partial charge on any atom is 0.205 e. The van der Waals surface area contributed by atoms with E-state index in [1.807, 2.05) is 36.4 Å². The van der Waals surface area contributed by atoms with Crippen LogP contribution < -0.4 is 19.5 Å². The van der Waals surface area contributed by atoms with Crippen LogP contribution in [0.2, 0.25) is 0 Å². The van der Waals surface area contributed by atoms with Gasteiger partial charge in [-0.1, -0.05) is 12.1 Å². The molecular formula is C16H17N3O3. The lowest BCUT2D eigenvalue weighted by Gasteiger charge is -2.08. The third-order valence-electron chi connectivity index (χ3n) is 3.35. The van der Waals surface area contributed by atoms with Crippen LogP contribution in [-0.4, -0.2) is 31.3 Å². The summed E-state index contributed by atoms with van der Waals surface area (Å²) in [4.78, 5) is 7.72. The summed E-state index contributed by atoms with van der Waals surface area (Å²) in [5.74, 6) is 2.67. The number of nitrogens with one attached hydrogen (secondary N) is 2. The highest BCUT2D eigenvalue weighted by atomic mass is 16.5. The first-order valence-corrected chi connectivity index (χ1v) is 6.77. The van der Waals surface area contributed by atoms with Gasteiger partial charge in [0.25, 0.3) is 0 Å². The second-order valence-corrected chi connectivity index (χ2v) is 4.64. The number of benzene rings is 2. The molecule has 3 aromatic rings. The Morgan fingerprint density at radius 3 is 2.32 bits per heavy atom. The molecule has 6 heteroatoms. The van der Waals surface area contributed by atoms with Crippen LogP contribution in [0, 0.1) is 0 Å². The van der Waals surface area contributed by atoms with Gasteiger partial charge in [0.05, 0.1) is 38.1 Å². The fraction of sp³-hybridized carbons (Fsp3) is 0.188. The third kappa shape index (κ3) is 2.50. The fourth-order valence-electron chi connectivity index (χ4n) is 2.27.